The maximum atomic E-state index is 12.4. The SMILES string of the molecule is CC(C)CC(=O)Nc1ccc(C(=O)CSc2ccc(C(=O)N3CCCC3)cn2)cc1. The summed E-state index contributed by atoms with van der Waals surface area (Å²) in [5, 5.41) is 3.54. The van der Waals surface area contributed by atoms with E-state index in [4.69, 9.17) is 0 Å². The van der Waals surface area contributed by atoms with E-state index in [0.717, 1.165) is 25.9 Å². The number of thioether (sulfide) groups is 1. The van der Waals surface area contributed by atoms with E-state index >= 15 is 0 Å². The highest BCUT2D eigenvalue weighted by Crippen LogP contribution is 2.20. The molecule has 1 aliphatic heterocycles. The molecule has 0 atom stereocenters. The van der Waals surface area contributed by atoms with Gasteiger partial charge in [0.1, 0.15) is 0 Å². The van der Waals surface area contributed by atoms with Crippen LogP contribution in [0, 0.1) is 5.92 Å². The number of carbonyl (C=O) groups excluding carboxylic acids is 3. The molecule has 158 valence electrons. The molecule has 1 aromatic carbocycles. The summed E-state index contributed by atoms with van der Waals surface area (Å²) in [5.41, 5.74) is 1.86. The van der Waals surface area contributed by atoms with Crippen molar-refractivity contribution in [3.63, 3.8) is 0 Å². The monoisotopic (exact) mass is 425 g/mol. The lowest BCUT2D eigenvalue weighted by molar-refractivity contribution is -0.116. The van der Waals surface area contributed by atoms with Crippen LogP contribution in [-0.4, -0.2) is 46.3 Å². The Kier molecular flexibility index (Phi) is 7.63. The fraction of sp³-hybridized carbons (Fsp3) is 0.391. The number of aromatic nitrogens is 1. The van der Waals surface area contributed by atoms with Crippen LogP contribution in [0.25, 0.3) is 0 Å². The minimum Gasteiger partial charge on any atom is -0.339 e. The molecule has 0 aliphatic carbocycles. The summed E-state index contributed by atoms with van der Waals surface area (Å²) in [7, 11) is 0. The van der Waals surface area contributed by atoms with Crippen molar-refractivity contribution in [2.45, 2.75) is 38.1 Å². The molecule has 1 aliphatic rings. The molecule has 1 N–H and O–H groups in total. The number of rotatable bonds is 8. The summed E-state index contributed by atoms with van der Waals surface area (Å²) in [6.45, 7) is 5.60. The van der Waals surface area contributed by atoms with Crippen molar-refractivity contribution >= 4 is 35.0 Å². The zero-order valence-electron chi connectivity index (χ0n) is 17.4. The highest BCUT2D eigenvalue weighted by molar-refractivity contribution is 7.99. The molecule has 1 aromatic heterocycles. The minimum absolute atomic E-state index is 0.0147. The van der Waals surface area contributed by atoms with Crippen LogP contribution in [0.4, 0.5) is 5.69 Å². The van der Waals surface area contributed by atoms with Crippen molar-refractivity contribution < 1.29 is 14.4 Å². The molecular formula is C23H27N3O3S. The van der Waals surface area contributed by atoms with Gasteiger partial charge in [0.05, 0.1) is 16.3 Å². The number of nitrogens with one attached hydrogen (secondary N) is 1. The number of hydrogen-bond acceptors (Lipinski definition) is 5. The molecule has 30 heavy (non-hydrogen) atoms. The first kappa shape index (κ1) is 22.0. The second-order valence-electron chi connectivity index (χ2n) is 7.82. The van der Waals surface area contributed by atoms with Crippen molar-refractivity contribution in [3.8, 4) is 0 Å². The van der Waals surface area contributed by atoms with Gasteiger partial charge in [-0.2, -0.15) is 0 Å². The van der Waals surface area contributed by atoms with Crippen molar-refractivity contribution in [1.82, 2.24) is 9.88 Å². The van der Waals surface area contributed by atoms with E-state index in [1.54, 1.807) is 42.6 Å². The van der Waals surface area contributed by atoms with Crippen LogP contribution in [0.15, 0.2) is 47.6 Å². The molecule has 0 radical (unpaired) electrons. The average molecular weight is 426 g/mol. The summed E-state index contributed by atoms with van der Waals surface area (Å²) in [4.78, 5) is 42.8. The van der Waals surface area contributed by atoms with Crippen LogP contribution >= 0.6 is 11.8 Å². The van der Waals surface area contributed by atoms with Crippen LogP contribution in [0.2, 0.25) is 0 Å². The lowest BCUT2D eigenvalue weighted by atomic mass is 10.1. The largest absolute Gasteiger partial charge is 0.339 e. The van der Waals surface area contributed by atoms with Gasteiger partial charge in [-0.3, -0.25) is 14.4 Å². The molecule has 3 rings (SSSR count). The van der Waals surface area contributed by atoms with Crippen molar-refractivity contribution in [3.05, 3.63) is 53.7 Å². The third-order valence-electron chi connectivity index (χ3n) is 4.81. The van der Waals surface area contributed by atoms with Gasteiger partial charge >= 0.3 is 0 Å². The topological polar surface area (TPSA) is 79.4 Å². The number of amides is 2. The van der Waals surface area contributed by atoms with Crippen molar-refractivity contribution in [1.29, 1.82) is 0 Å². The van der Waals surface area contributed by atoms with Crippen molar-refractivity contribution in [2.24, 2.45) is 5.92 Å². The Balaban J connectivity index is 1.50. The van der Waals surface area contributed by atoms with Crippen LogP contribution in [0.3, 0.4) is 0 Å². The van der Waals surface area contributed by atoms with E-state index in [2.05, 4.69) is 10.3 Å². The fourth-order valence-corrected chi connectivity index (χ4v) is 3.98. The molecule has 6 nitrogen and oxygen atoms in total. The smallest absolute Gasteiger partial charge is 0.255 e. The number of pyridine rings is 1. The van der Waals surface area contributed by atoms with E-state index in [9.17, 15) is 14.4 Å². The first-order valence-corrected chi connectivity index (χ1v) is 11.2. The highest BCUT2D eigenvalue weighted by Gasteiger charge is 2.19. The van der Waals surface area contributed by atoms with E-state index in [1.807, 2.05) is 18.7 Å². The predicted molar refractivity (Wildman–Crippen MR) is 119 cm³/mol. The highest BCUT2D eigenvalue weighted by atomic mass is 32.2. The Morgan fingerprint density at radius 1 is 1.03 bits per heavy atom. The standard InChI is InChI=1S/C23H27N3O3S/c1-16(2)13-21(28)25-19-8-5-17(6-9-19)20(27)15-30-22-10-7-18(14-24-22)23(29)26-11-3-4-12-26/h5-10,14,16H,3-4,11-13,15H2,1-2H3,(H,25,28). The van der Waals surface area contributed by atoms with Crippen LogP contribution in [0.1, 0.15) is 53.8 Å². The van der Waals surface area contributed by atoms with Gasteiger partial charge in [-0.1, -0.05) is 25.6 Å². The lowest BCUT2D eigenvalue weighted by Crippen LogP contribution is -2.27. The van der Waals surface area contributed by atoms with Crippen LogP contribution in [0.5, 0.6) is 0 Å². The summed E-state index contributed by atoms with van der Waals surface area (Å²) >= 11 is 1.34. The molecule has 7 heteroatoms. The number of carbonyl (C=O) groups is 3. The number of Topliss-reactive ketones (excluding diaryl/α,β-unsaturated/α-hetero) is 1. The average Bonchev–Trinajstić information content (AvgIpc) is 3.26. The molecular weight excluding hydrogens is 398 g/mol. The number of nitrogens with zero attached hydrogens (tertiary/aromatic N) is 2. The van der Waals surface area contributed by atoms with E-state index in [-0.39, 0.29) is 23.4 Å². The molecule has 1 saturated heterocycles. The van der Waals surface area contributed by atoms with Crippen molar-refractivity contribution in [2.75, 3.05) is 24.2 Å². The fourth-order valence-electron chi connectivity index (χ4n) is 3.24. The maximum Gasteiger partial charge on any atom is 0.255 e. The third kappa shape index (κ3) is 6.16. The van der Waals surface area contributed by atoms with E-state index in [1.165, 1.54) is 11.8 Å². The Labute approximate surface area is 181 Å². The number of likely N-dealkylation sites (tertiary alicyclic amines) is 1. The number of benzene rings is 1. The molecule has 2 aromatic rings. The Hall–Kier alpha value is -2.67. The minimum atomic E-state index is -0.0302. The Morgan fingerprint density at radius 2 is 1.70 bits per heavy atom. The van der Waals surface area contributed by atoms with E-state index in [0.29, 0.717) is 34.2 Å². The molecule has 0 saturated carbocycles. The molecule has 2 heterocycles. The number of anilines is 1. The summed E-state index contributed by atoms with van der Waals surface area (Å²) in [6, 6.07) is 10.5. The third-order valence-corrected chi connectivity index (χ3v) is 5.76. The zero-order valence-corrected chi connectivity index (χ0v) is 18.2. The van der Waals surface area contributed by atoms with Gasteiger partial charge in [-0.25, -0.2) is 4.98 Å². The van der Waals surface area contributed by atoms with Gasteiger partial charge in [-0.05, 0) is 55.2 Å². The first-order valence-electron chi connectivity index (χ1n) is 10.2. The molecule has 0 unspecified atom stereocenters. The molecule has 1 fully saturated rings. The maximum absolute atomic E-state index is 12.4. The van der Waals surface area contributed by atoms with Gasteiger partial charge in [0.15, 0.2) is 5.78 Å². The summed E-state index contributed by atoms with van der Waals surface area (Å²) < 4.78 is 0. The summed E-state index contributed by atoms with van der Waals surface area (Å²) in [5.74, 6) is 0.527. The predicted octanol–water partition coefficient (Wildman–Crippen LogP) is 4.28. The molecule has 0 spiro atoms. The molecule has 2 amide bonds. The second-order valence-corrected chi connectivity index (χ2v) is 8.82. The normalized spacial score (nSPS) is 13.5. The first-order chi connectivity index (χ1) is 14.4. The van der Waals surface area contributed by atoms with Crippen LogP contribution < -0.4 is 5.32 Å². The van der Waals surface area contributed by atoms with Gasteiger partial charge in [-0.15, -0.1) is 0 Å². The Bertz CT molecular complexity index is 889. The quantitative estimate of drug-likeness (QED) is 0.504. The second kappa shape index (κ2) is 10.4. The summed E-state index contributed by atoms with van der Waals surface area (Å²) in [6.07, 6.45) is 4.16. The lowest BCUT2D eigenvalue weighted by Gasteiger charge is -2.14. The van der Waals surface area contributed by atoms with Gasteiger partial charge in [0.2, 0.25) is 5.91 Å². The molecule has 0 bridgehead atoms. The Morgan fingerprint density at radius 3 is 2.30 bits per heavy atom. The van der Waals surface area contributed by atoms with Gasteiger partial charge in [0.25, 0.3) is 5.91 Å². The number of hydrogen-bond donors (Lipinski definition) is 1. The van der Waals surface area contributed by atoms with Gasteiger partial charge < -0.3 is 10.2 Å². The van der Waals surface area contributed by atoms with E-state index < -0.39 is 0 Å². The van der Waals surface area contributed by atoms with Gasteiger partial charge in [0, 0.05) is 37.0 Å². The zero-order chi connectivity index (χ0) is 21.5. The number of ketones is 1. The van der Waals surface area contributed by atoms with Crippen LogP contribution in [-0.2, 0) is 4.79 Å².